The van der Waals surface area contributed by atoms with Crippen LogP contribution in [0.25, 0.3) is 0 Å². The average molecular weight is 465 g/mol. The van der Waals surface area contributed by atoms with Gasteiger partial charge in [-0.1, -0.05) is 5.10 Å². The maximum absolute atomic E-state index is 12.4. The van der Waals surface area contributed by atoms with Crippen LogP contribution in [0.2, 0.25) is 0 Å². The molecule has 4 rings (SSSR count). The molecule has 0 bridgehead atoms. The Labute approximate surface area is 194 Å². The molecular weight excluding hydrogens is 442 g/mol. The lowest BCUT2D eigenvalue weighted by Gasteiger charge is -2.34. The first-order chi connectivity index (χ1) is 16.4. The zero-order valence-corrected chi connectivity index (χ0v) is 18.6. The molecule has 12 heteroatoms. The number of carbonyl (C=O) groups excluding carboxylic acids is 3. The summed E-state index contributed by atoms with van der Waals surface area (Å²) in [6.07, 6.45) is 1.52. The first-order valence-electron chi connectivity index (χ1n) is 10.5. The molecule has 1 fully saturated rings. The predicted molar refractivity (Wildman–Crippen MR) is 122 cm³/mol. The van der Waals surface area contributed by atoms with Crippen molar-refractivity contribution in [2.24, 2.45) is 0 Å². The molecule has 12 nitrogen and oxygen atoms in total. The number of piperazine rings is 1. The highest BCUT2D eigenvalue weighted by Crippen LogP contribution is 2.18. The largest absolute Gasteiger partial charge is 0.497 e. The second-order valence-corrected chi connectivity index (χ2v) is 7.45. The fraction of sp³-hybridized carbons (Fsp3) is 0.273. The third-order valence-corrected chi connectivity index (χ3v) is 5.25. The van der Waals surface area contributed by atoms with Crippen LogP contribution in [-0.2, 0) is 4.79 Å². The summed E-state index contributed by atoms with van der Waals surface area (Å²) < 4.78 is 10.3. The normalized spacial score (nSPS) is 13.4. The summed E-state index contributed by atoms with van der Waals surface area (Å²) in [5.41, 5.74) is 0.803. The molecule has 0 unspecified atom stereocenters. The lowest BCUT2D eigenvalue weighted by molar-refractivity contribution is -0.129. The number of benzene rings is 1. The first-order valence-corrected chi connectivity index (χ1v) is 10.5. The fourth-order valence-electron chi connectivity index (χ4n) is 3.36. The van der Waals surface area contributed by atoms with Gasteiger partial charge in [0.15, 0.2) is 0 Å². The van der Waals surface area contributed by atoms with Gasteiger partial charge in [0.1, 0.15) is 11.6 Å². The van der Waals surface area contributed by atoms with E-state index in [2.05, 4.69) is 30.7 Å². The van der Waals surface area contributed by atoms with Gasteiger partial charge >= 0.3 is 17.8 Å². The summed E-state index contributed by atoms with van der Waals surface area (Å²) in [4.78, 5) is 44.4. The van der Waals surface area contributed by atoms with Gasteiger partial charge < -0.3 is 24.3 Å². The van der Waals surface area contributed by atoms with E-state index in [-0.39, 0.29) is 17.8 Å². The Morgan fingerprint density at radius 1 is 0.941 bits per heavy atom. The Bertz CT molecular complexity index is 1170. The van der Waals surface area contributed by atoms with Crippen molar-refractivity contribution < 1.29 is 23.5 Å². The summed E-state index contributed by atoms with van der Waals surface area (Å²) in [6, 6.07) is 9.74. The standard InChI is InChI=1S/C22H23N7O5/c1-14(30)28-9-11-29(12-10-28)18-8-5-16(13-23-18)24-20(32)21-26-27-22(34-21)25-19(31)15-3-6-17(33-2)7-4-15/h3-8,13H,9-12H2,1-2H3,(H,24,32)(H,25,27,31). The van der Waals surface area contributed by atoms with E-state index in [1.807, 2.05) is 0 Å². The molecule has 0 saturated carbocycles. The van der Waals surface area contributed by atoms with Crippen molar-refractivity contribution in [1.82, 2.24) is 20.1 Å². The molecule has 176 valence electrons. The molecule has 1 aliphatic heterocycles. The number of anilines is 3. The Kier molecular flexibility index (Phi) is 6.67. The SMILES string of the molecule is COc1ccc(C(=O)Nc2nnc(C(=O)Nc3ccc(N4CCN(C(C)=O)CC4)nc3)o2)cc1. The number of pyridine rings is 1. The van der Waals surface area contributed by atoms with E-state index in [4.69, 9.17) is 9.15 Å². The van der Waals surface area contributed by atoms with Gasteiger partial charge in [-0.25, -0.2) is 4.98 Å². The van der Waals surface area contributed by atoms with Gasteiger partial charge in [0.05, 0.1) is 19.0 Å². The van der Waals surface area contributed by atoms with E-state index < -0.39 is 11.8 Å². The van der Waals surface area contributed by atoms with Crippen LogP contribution in [0, 0.1) is 0 Å². The second-order valence-electron chi connectivity index (χ2n) is 7.45. The summed E-state index contributed by atoms with van der Waals surface area (Å²) >= 11 is 0. The third-order valence-electron chi connectivity index (χ3n) is 5.25. The lowest BCUT2D eigenvalue weighted by atomic mass is 10.2. The Morgan fingerprint density at radius 2 is 1.68 bits per heavy atom. The number of nitrogens with zero attached hydrogens (tertiary/aromatic N) is 5. The maximum Gasteiger partial charge on any atom is 0.322 e. The van der Waals surface area contributed by atoms with E-state index >= 15 is 0 Å². The van der Waals surface area contributed by atoms with Crippen LogP contribution in [0.3, 0.4) is 0 Å². The molecule has 1 aliphatic rings. The molecule has 3 aromatic rings. The minimum atomic E-state index is -0.637. The van der Waals surface area contributed by atoms with E-state index in [1.54, 1.807) is 48.2 Å². The summed E-state index contributed by atoms with van der Waals surface area (Å²) in [6.45, 7) is 4.22. The van der Waals surface area contributed by atoms with Crippen molar-refractivity contribution in [1.29, 1.82) is 0 Å². The van der Waals surface area contributed by atoms with Gasteiger partial charge in [0.25, 0.3) is 5.91 Å². The van der Waals surface area contributed by atoms with E-state index in [1.165, 1.54) is 13.3 Å². The first kappa shape index (κ1) is 22.7. The molecule has 2 aromatic heterocycles. The molecule has 0 atom stereocenters. The molecule has 1 aromatic carbocycles. The number of rotatable bonds is 6. The van der Waals surface area contributed by atoms with Crippen molar-refractivity contribution in [2.45, 2.75) is 6.92 Å². The number of methoxy groups -OCH3 is 1. The number of nitrogens with one attached hydrogen (secondary N) is 2. The number of ether oxygens (including phenoxy) is 1. The van der Waals surface area contributed by atoms with Crippen molar-refractivity contribution in [3.8, 4) is 5.75 Å². The van der Waals surface area contributed by atoms with Crippen LogP contribution < -0.4 is 20.3 Å². The van der Waals surface area contributed by atoms with Crippen LogP contribution in [0.5, 0.6) is 5.75 Å². The smallest absolute Gasteiger partial charge is 0.322 e. The van der Waals surface area contributed by atoms with E-state index in [9.17, 15) is 14.4 Å². The molecule has 1 saturated heterocycles. The van der Waals surface area contributed by atoms with Crippen molar-refractivity contribution in [3.05, 3.63) is 54.0 Å². The maximum atomic E-state index is 12.4. The number of carbonyl (C=O) groups is 3. The highest BCUT2D eigenvalue weighted by Gasteiger charge is 2.20. The predicted octanol–water partition coefficient (Wildman–Crippen LogP) is 1.65. The molecule has 2 N–H and O–H groups in total. The molecule has 3 amide bonds. The minimum Gasteiger partial charge on any atom is -0.497 e. The summed E-state index contributed by atoms with van der Waals surface area (Å²) in [5, 5.41) is 12.4. The quantitative estimate of drug-likeness (QED) is 0.555. The van der Waals surface area contributed by atoms with Gasteiger partial charge in [-0.2, -0.15) is 0 Å². The monoisotopic (exact) mass is 465 g/mol. The van der Waals surface area contributed by atoms with Crippen LogP contribution in [0.1, 0.15) is 28.0 Å². The number of hydrogen-bond donors (Lipinski definition) is 2. The lowest BCUT2D eigenvalue weighted by Crippen LogP contribution is -2.48. The summed E-state index contributed by atoms with van der Waals surface area (Å²) in [7, 11) is 1.53. The Morgan fingerprint density at radius 3 is 2.29 bits per heavy atom. The molecule has 0 spiro atoms. The van der Waals surface area contributed by atoms with Crippen molar-refractivity contribution in [2.75, 3.05) is 48.8 Å². The molecule has 0 radical (unpaired) electrons. The zero-order valence-electron chi connectivity index (χ0n) is 18.6. The molecule has 34 heavy (non-hydrogen) atoms. The van der Waals surface area contributed by atoms with Gasteiger partial charge in [-0.3, -0.25) is 19.7 Å². The fourth-order valence-corrected chi connectivity index (χ4v) is 3.36. The van der Waals surface area contributed by atoms with Crippen molar-refractivity contribution >= 4 is 35.2 Å². The molecule has 0 aliphatic carbocycles. The second kappa shape index (κ2) is 9.98. The molecular formula is C22H23N7O5. The van der Waals surface area contributed by atoms with E-state index in [0.29, 0.717) is 43.2 Å². The van der Waals surface area contributed by atoms with Crippen LogP contribution in [0.15, 0.2) is 47.0 Å². The third kappa shape index (κ3) is 5.28. The van der Waals surface area contributed by atoms with Gasteiger partial charge in [-0.05, 0) is 36.4 Å². The zero-order chi connectivity index (χ0) is 24.1. The summed E-state index contributed by atoms with van der Waals surface area (Å²) in [5.74, 6) is 0.0164. The van der Waals surface area contributed by atoms with Crippen LogP contribution >= 0.6 is 0 Å². The van der Waals surface area contributed by atoms with Crippen molar-refractivity contribution in [3.63, 3.8) is 0 Å². The van der Waals surface area contributed by atoms with Crippen LogP contribution in [-0.4, -0.2) is 71.1 Å². The van der Waals surface area contributed by atoms with Crippen LogP contribution in [0.4, 0.5) is 17.5 Å². The number of hydrogen-bond acceptors (Lipinski definition) is 9. The molecule has 3 heterocycles. The van der Waals surface area contributed by atoms with Gasteiger partial charge in [0.2, 0.25) is 5.91 Å². The Balaban J connectivity index is 1.32. The Hall–Kier alpha value is -4.48. The topological polar surface area (TPSA) is 143 Å². The van der Waals surface area contributed by atoms with E-state index in [0.717, 1.165) is 5.82 Å². The van der Waals surface area contributed by atoms with Gasteiger partial charge in [0, 0.05) is 38.7 Å². The number of amides is 3. The minimum absolute atomic E-state index is 0.0650. The number of aromatic nitrogens is 3. The highest BCUT2D eigenvalue weighted by atomic mass is 16.5. The van der Waals surface area contributed by atoms with Gasteiger partial charge in [-0.15, -0.1) is 5.10 Å². The highest BCUT2D eigenvalue weighted by molar-refractivity contribution is 6.04. The average Bonchev–Trinajstić information content (AvgIpc) is 3.33.